The van der Waals surface area contributed by atoms with Gasteiger partial charge in [0.05, 0.1) is 17.7 Å². The lowest BCUT2D eigenvalue weighted by molar-refractivity contribution is -0.171. The Labute approximate surface area is 109 Å². The molecule has 1 aliphatic heterocycles. The predicted octanol–water partition coefficient (Wildman–Crippen LogP) is 0.541. The summed E-state index contributed by atoms with van der Waals surface area (Å²) in [5.41, 5.74) is 0.817. The molecule has 1 amide bonds. The lowest BCUT2D eigenvalue weighted by atomic mass is 9.94. The van der Waals surface area contributed by atoms with Gasteiger partial charge in [0.15, 0.2) is 6.10 Å². The van der Waals surface area contributed by atoms with Crippen molar-refractivity contribution >= 4 is 11.9 Å². The fourth-order valence-corrected chi connectivity index (χ4v) is 2.15. The Morgan fingerprint density at radius 2 is 2.21 bits per heavy atom. The Bertz CT molecular complexity index is 564. The normalized spacial score (nSPS) is 22.9. The zero-order valence-electron chi connectivity index (χ0n) is 10.2. The molecular weight excluding hydrogens is 248 g/mol. The van der Waals surface area contributed by atoms with E-state index in [1.807, 2.05) is 6.07 Å². The lowest BCUT2D eigenvalue weighted by Crippen LogP contribution is -2.50. The number of carbonyl (C=O) groups excluding carboxylic acids is 1. The number of likely N-dealkylation sites (N-methyl/N-ethyl adjacent to an activating group) is 1. The van der Waals surface area contributed by atoms with E-state index in [1.54, 1.807) is 24.3 Å². The summed E-state index contributed by atoms with van der Waals surface area (Å²) in [7, 11) is 1.51. The molecule has 1 saturated heterocycles. The molecule has 0 spiro atoms. The fourth-order valence-electron chi connectivity index (χ4n) is 2.15. The molecule has 0 radical (unpaired) electrons. The molecule has 1 aromatic rings. The first kappa shape index (κ1) is 13.1. The van der Waals surface area contributed by atoms with Gasteiger partial charge in [-0.25, -0.2) is 4.79 Å². The molecule has 0 saturated carbocycles. The van der Waals surface area contributed by atoms with Gasteiger partial charge in [0.1, 0.15) is 6.61 Å². The highest BCUT2D eigenvalue weighted by Gasteiger charge is 2.40. The SMILES string of the molecule is CN1C(=O)COC(C(=O)O)C1c1ccccc1C#N. The zero-order valence-corrected chi connectivity index (χ0v) is 10.2. The van der Waals surface area contributed by atoms with Crippen LogP contribution in [0.25, 0.3) is 0 Å². The van der Waals surface area contributed by atoms with Crippen molar-refractivity contribution in [1.29, 1.82) is 5.26 Å². The van der Waals surface area contributed by atoms with Crippen molar-refractivity contribution in [1.82, 2.24) is 4.90 Å². The van der Waals surface area contributed by atoms with Crippen molar-refractivity contribution in [3.05, 3.63) is 35.4 Å². The summed E-state index contributed by atoms with van der Waals surface area (Å²) in [5.74, 6) is -1.47. The molecule has 0 bridgehead atoms. The Morgan fingerprint density at radius 3 is 2.84 bits per heavy atom. The highest BCUT2D eigenvalue weighted by atomic mass is 16.5. The maximum Gasteiger partial charge on any atom is 0.335 e. The predicted molar refractivity (Wildman–Crippen MR) is 64.0 cm³/mol. The van der Waals surface area contributed by atoms with Crippen LogP contribution in [0.4, 0.5) is 0 Å². The van der Waals surface area contributed by atoms with Crippen molar-refractivity contribution in [2.24, 2.45) is 0 Å². The summed E-state index contributed by atoms with van der Waals surface area (Å²) in [4.78, 5) is 24.2. The molecule has 1 aromatic carbocycles. The molecule has 1 fully saturated rings. The van der Waals surface area contributed by atoms with Crippen LogP contribution in [-0.2, 0) is 14.3 Å². The molecule has 1 N–H and O–H groups in total. The molecule has 6 nitrogen and oxygen atoms in total. The van der Waals surface area contributed by atoms with Crippen molar-refractivity contribution in [2.75, 3.05) is 13.7 Å². The number of morpholine rings is 1. The van der Waals surface area contributed by atoms with Gasteiger partial charge in [0.2, 0.25) is 5.91 Å². The van der Waals surface area contributed by atoms with E-state index >= 15 is 0 Å². The number of hydrogen-bond donors (Lipinski definition) is 1. The molecule has 2 unspecified atom stereocenters. The van der Waals surface area contributed by atoms with E-state index in [2.05, 4.69) is 0 Å². The van der Waals surface area contributed by atoms with Crippen molar-refractivity contribution in [2.45, 2.75) is 12.1 Å². The maximum atomic E-state index is 11.7. The average Bonchev–Trinajstić information content (AvgIpc) is 2.41. The second kappa shape index (κ2) is 5.08. The topological polar surface area (TPSA) is 90.6 Å². The number of amides is 1. The molecule has 98 valence electrons. The Balaban J connectivity index is 2.50. The van der Waals surface area contributed by atoms with Crippen LogP contribution in [0, 0.1) is 11.3 Å². The highest BCUT2D eigenvalue weighted by Crippen LogP contribution is 2.31. The number of rotatable bonds is 2. The molecular formula is C13H12N2O4. The van der Waals surface area contributed by atoms with Crippen LogP contribution in [0.1, 0.15) is 17.2 Å². The number of carbonyl (C=O) groups is 2. The minimum atomic E-state index is -1.17. The standard InChI is InChI=1S/C13H12N2O4/c1-15-10(16)7-19-12(13(17)18)11(15)9-5-3-2-4-8(9)6-14/h2-5,11-12H,7H2,1H3,(H,17,18). The molecule has 19 heavy (non-hydrogen) atoms. The van der Waals surface area contributed by atoms with Crippen LogP contribution in [0.15, 0.2) is 24.3 Å². The molecule has 2 atom stereocenters. The first-order chi connectivity index (χ1) is 9.06. The van der Waals surface area contributed by atoms with Crippen molar-refractivity contribution < 1.29 is 19.4 Å². The third-order valence-corrected chi connectivity index (χ3v) is 3.13. The number of nitriles is 1. The maximum absolute atomic E-state index is 11.7. The van der Waals surface area contributed by atoms with Crippen molar-refractivity contribution in [3.63, 3.8) is 0 Å². The van der Waals surface area contributed by atoms with Gasteiger partial charge in [-0.3, -0.25) is 4.79 Å². The number of aliphatic carboxylic acids is 1. The van der Waals surface area contributed by atoms with Gasteiger partial charge in [-0.2, -0.15) is 5.26 Å². The van der Waals surface area contributed by atoms with E-state index in [9.17, 15) is 14.7 Å². The van der Waals surface area contributed by atoms with E-state index in [1.165, 1.54) is 11.9 Å². The van der Waals surface area contributed by atoms with Gasteiger partial charge in [-0.15, -0.1) is 0 Å². The second-order valence-electron chi connectivity index (χ2n) is 4.22. The number of carboxylic acids is 1. The first-order valence-electron chi connectivity index (χ1n) is 5.65. The summed E-state index contributed by atoms with van der Waals surface area (Å²) in [5, 5.41) is 18.3. The smallest absolute Gasteiger partial charge is 0.335 e. The van der Waals surface area contributed by atoms with E-state index < -0.39 is 18.1 Å². The van der Waals surface area contributed by atoms with Gasteiger partial charge < -0.3 is 14.7 Å². The summed E-state index contributed by atoms with van der Waals surface area (Å²) in [6.07, 6.45) is -1.17. The largest absolute Gasteiger partial charge is 0.479 e. The fraction of sp³-hybridized carbons (Fsp3) is 0.308. The summed E-state index contributed by atoms with van der Waals surface area (Å²) >= 11 is 0. The van der Waals surface area contributed by atoms with Gasteiger partial charge in [0, 0.05) is 7.05 Å². The Hall–Kier alpha value is -2.39. The summed E-state index contributed by atoms with van der Waals surface area (Å²) in [6.45, 7) is -0.265. The molecule has 1 aliphatic rings. The lowest BCUT2D eigenvalue weighted by Gasteiger charge is -2.37. The van der Waals surface area contributed by atoms with Gasteiger partial charge in [-0.1, -0.05) is 18.2 Å². The Morgan fingerprint density at radius 1 is 1.53 bits per heavy atom. The van der Waals surface area contributed by atoms with Crippen LogP contribution in [0.3, 0.4) is 0 Å². The van der Waals surface area contributed by atoms with E-state index in [0.717, 1.165) is 0 Å². The van der Waals surface area contributed by atoms with Crippen LogP contribution in [0.2, 0.25) is 0 Å². The molecule has 2 rings (SSSR count). The molecule has 0 aliphatic carbocycles. The molecule has 1 heterocycles. The average molecular weight is 260 g/mol. The first-order valence-corrected chi connectivity index (χ1v) is 5.65. The number of hydrogen-bond acceptors (Lipinski definition) is 4. The van der Waals surface area contributed by atoms with Crippen LogP contribution >= 0.6 is 0 Å². The summed E-state index contributed by atoms with van der Waals surface area (Å²) < 4.78 is 5.09. The van der Waals surface area contributed by atoms with Crippen molar-refractivity contribution in [3.8, 4) is 6.07 Å². The van der Waals surface area contributed by atoms with E-state index in [-0.39, 0.29) is 12.5 Å². The van der Waals surface area contributed by atoms with Crippen LogP contribution in [0.5, 0.6) is 0 Å². The minimum Gasteiger partial charge on any atom is -0.479 e. The molecule has 0 aromatic heterocycles. The van der Waals surface area contributed by atoms with E-state index in [4.69, 9.17) is 10.00 Å². The number of carboxylic acid groups (broad SMARTS) is 1. The third-order valence-electron chi connectivity index (χ3n) is 3.13. The third kappa shape index (κ3) is 2.28. The number of benzene rings is 1. The number of nitrogens with zero attached hydrogens (tertiary/aromatic N) is 2. The Kier molecular flexibility index (Phi) is 3.49. The van der Waals surface area contributed by atoms with Gasteiger partial charge >= 0.3 is 5.97 Å². The van der Waals surface area contributed by atoms with E-state index in [0.29, 0.717) is 11.1 Å². The molecule has 6 heteroatoms. The minimum absolute atomic E-state index is 0.265. The highest BCUT2D eigenvalue weighted by molar-refractivity contribution is 5.83. The van der Waals surface area contributed by atoms with Crippen LogP contribution < -0.4 is 0 Å². The zero-order chi connectivity index (χ0) is 14.0. The summed E-state index contributed by atoms with van der Waals surface area (Å²) in [6, 6.07) is 7.81. The van der Waals surface area contributed by atoms with Crippen LogP contribution in [-0.4, -0.2) is 41.6 Å². The van der Waals surface area contributed by atoms with Gasteiger partial charge in [0.25, 0.3) is 0 Å². The van der Waals surface area contributed by atoms with Gasteiger partial charge in [-0.05, 0) is 11.6 Å². The monoisotopic (exact) mass is 260 g/mol. The second-order valence-corrected chi connectivity index (χ2v) is 4.22. The quantitative estimate of drug-likeness (QED) is 0.838. The number of ether oxygens (including phenoxy) is 1.